The Morgan fingerprint density at radius 2 is 1.65 bits per heavy atom. The van der Waals surface area contributed by atoms with Crippen molar-refractivity contribution in [3.63, 3.8) is 0 Å². The van der Waals surface area contributed by atoms with Crippen LogP contribution in [0.4, 0.5) is 0 Å². The van der Waals surface area contributed by atoms with Crippen LogP contribution < -0.4 is 10.5 Å². The van der Waals surface area contributed by atoms with Gasteiger partial charge < -0.3 is 0 Å². The predicted molar refractivity (Wildman–Crippen MR) is 93.6 cm³/mol. The molecule has 1 aromatic carbocycles. The highest BCUT2D eigenvalue weighted by Crippen LogP contribution is 2.32. The molecule has 1 nitrogen and oxygen atoms in total. The maximum absolute atomic E-state index is 4.75. The van der Waals surface area contributed by atoms with Gasteiger partial charge in [0.05, 0.1) is 0 Å². The highest BCUT2D eigenvalue weighted by molar-refractivity contribution is 9.10. The Hall–Kier alpha value is -0.933. The first-order chi connectivity index (χ1) is 9.49. The number of nitrogens with zero attached hydrogens (tertiary/aromatic N) is 1. The molecule has 0 spiro atoms. The minimum atomic E-state index is -1.87. The summed E-state index contributed by atoms with van der Waals surface area (Å²) in [5.74, 6) is 0. The highest BCUT2D eigenvalue weighted by atomic mass is 79.9. The van der Waals surface area contributed by atoms with E-state index in [2.05, 4.69) is 80.0 Å². The van der Waals surface area contributed by atoms with Crippen molar-refractivity contribution in [3.8, 4) is 0 Å². The average molecular weight is 348 g/mol. The summed E-state index contributed by atoms with van der Waals surface area (Å²) in [6, 6.07) is 15.2. The summed E-state index contributed by atoms with van der Waals surface area (Å²) >= 11 is 3.63. The number of pyridine rings is 1. The van der Waals surface area contributed by atoms with E-state index >= 15 is 0 Å². The zero-order chi connectivity index (χ0) is 14.8. The van der Waals surface area contributed by atoms with Gasteiger partial charge >= 0.3 is 0 Å². The summed E-state index contributed by atoms with van der Waals surface area (Å²) < 4.78 is 1.16. The molecule has 1 heterocycles. The SMILES string of the molecule is CC(C)[Si](c1cccc(Br)c1)(c1ccccn1)C(C)C. The van der Waals surface area contributed by atoms with Gasteiger partial charge in [-0.25, -0.2) is 0 Å². The average Bonchev–Trinajstić information content (AvgIpc) is 2.40. The van der Waals surface area contributed by atoms with Gasteiger partial charge in [0.1, 0.15) is 8.07 Å². The second-order valence-electron chi connectivity index (χ2n) is 5.90. The van der Waals surface area contributed by atoms with Gasteiger partial charge in [-0.1, -0.05) is 67.0 Å². The van der Waals surface area contributed by atoms with Crippen molar-refractivity contribution in [1.29, 1.82) is 0 Å². The van der Waals surface area contributed by atoms with Crippen LogP contribution in [0.5, 0.6) is 0 Å². The fraction of sp³-hybridized carbons (Fsp3) is 0.353. The monoisotopic (exact) mass is 347 g/mol. The first-order valence-electron chi connectivity index (χ1n) is 7.17. The Bertz CT molecular complexity index is 558. The van der Waals surface area contributed by atoms with Crippen molar-refractivity contribution in [1.82, 2.24) is 4.98 Å². The fourth-order valence-electron chi connectivity index (χ4n) is 3.43. The highest BCUT2D eigenvalue weighted by Gasteiger charge is 2.44. The number of aromatic nitrogens is 1. The van der Waals surface area contributed by atoms with Gasteiger partial charge in [0.15, 0.2) is 0 Å². The molecule has 20 heavy (non-hydrogen) atoms. The van der Waals surface area contributed by atoms with E-state index in [9.17, 15) is 0 Å². The van der Waals surface area contributed by atoms with Crippen molar-refractivity contribution in [2.24, 2.45) is 0 Å². The molecular formula is C17H22BrNSi. The number of hydrogen-bond donors (Lipinski definition) is 0. The number of benzene rings is 1. The second kappa shape index (κ2) is 6.23. The van der Waals surface area contributed by atoms with Gasteiger partial charge in [0.2, 0.25) is 0 Å². The van der Waals surface area contributed by atoms with Crippen LogP contribution in [-0.2, 0) is 0 Å². The quantitative estimate of drug-likeness (QED) is 0.754. The van der Waals surface area contributed by atoms with Crippen LogP contribution in [-0.4, -0.2) is 13.1 Å². The lowest BCUT2D eigenvalue weighted by atomic mass is 10.4. The maximum atomic E-state index is 4.75. The van der Waals surface area contributed by atoms with Crippen LogP contribution in [0.2, 0.25) is 11.1 Å². The second-order valence-corrected chi connectivity index (χ2v) is 12.0. The van der Waals surface area contributed by atoms with Gasteiger partial charge in [-0.15, -0.1) is 0 Å². The summed E-state index contributed by atoms with van der Waals surface area (Å²) in [5.41, 5.74) is 1.21. The Balaban J connectivity index is 2.72. The number of hydrogen-bond acceptors (Lipinski definition) is 1. The minimum Gasteiger partial charge on any atom is -0.266 e. The standard InChI is InChI=1S/C17H22BrNSi/c1-13(2)20(14(3)4,17-10-5-6-11-19-17)16-9-7-8-15(18)12-16/h5-14H,1-4H3. The zero-order valence-corrected chi connectivity index (χ0v) is 15.2. The molecule has 106 valence electrons. The van der Waals surface area contributed by atoms with Gasteiger partial charge in [-0.05, 0) is 35.3 Å². The summed E-state index contributed by atoms with van der Waals surface area (Å²) in [7, 11) is -1.87. The molecule has 0 aliphatic rings. The largest absolute Gasteiger partial charge is 0.266 e. The molecule has 0 N–H and O–H groups in total. The molecule has 1 aromatic heterocycles. The molecule has 0 amide bonds. The van der Waals surface area contributed by atoms with Crippen LogP contribution in [0, 0.1) is 0 Å². The smallest absolute Gasteiger partial charge is 0.146 e. The van der Waals surface area contributed by atoms with Crippen molar-refractivity contribution in [2.75, 3.05) is 0 Å². The van der Waals surface area contributed by atoms with Crippen molar-refractivity contribution in [2.45, 2.75) is 38.8 Å². The zero-order valence-electron chi connectivity index (χ0n) is 12.6. The topological polar surface area (TPSA) is 12.9 Å². The lowest BCUT2D eigenvalue weighted by Crippen LogP contribution is -2.63. The Kier molecular flexibility index (Phi) is 4.81. The third kappa shape index (κ3) is 2.61. The van der Waals surface area contributed by atoms with Crippen LogP contribution in [0.1, 0.15) is 27.7 Å². The number of halogens is 1. The van der Waals surface area contributed by atoms with Gasteiger partial charge in [-0.3, -0.25) is 4.98 Å². The Labute approximate surface area is 131 Å². The molecule has 2 aromatic rings. The van der Waals surface area contributed by atoms with E-state index in [1.807, 2.05) is 12.3 Å². The molecule has 0 radical (unpaired) electrons. The molecular weight excluding hydrogens is 326 g/mol. The van der Waals surface area contributed by atoms with Crippen LogP contribution in [0.3, 0.4) is 0 Å². The lowest BCUT2D eigenvalue weighted by molar-refractivity contribution is 0.923. The van der Waals surface area contributed by atoms with E-state index in [0.29, 0.717) is 11.1 Å². The molecule has 0 atom stereocenters. The van der Waals surface area contributed by atoms with Crippen LogP contribution in [0.15, 0.2) is 53.1 Å². The molecule has 0 fully saturated rings. The normalized spacial score (nSPS) is 12.2. The third-order valence-corrected chi connectivity index (χ3v) is 10.8. The van der Waals surface area contributed by atoms with Crippen LogP contribution >= 0.6 is 15.9 Å². The summed E-state index contributed by atoms with van der Waals surface area (Å²) in [6.07, 6.45) is 1.93. The van der Waals surface area contributed by atoms with E-state index in [1.165, 1.54) is 10.5 Å². The molecule has 0 aliphatic carbocycles. The van der Waals surface area contributed by atoms with Crippen molar-refractivity contribution < 1.29 is 0 Å². The Morgan fingerprint density at radius 3 is 2.15 bits per heavy atom. The summed E-state index contributed by atoms with van der Waals surface area (Å²) in [4.78, 5) is 4.75. The van der Waals surface area contributed by atoms with E-state index in [1.54, 1.807) is 0 Å². The third-order valence-electron chi connectivity index (χ3n) is 4.21. The molecule has 3 heteroatoms. The van der Waals surface area contributed by atoms with E-state index in [0.717, 1.165) is 4.47 Å². The molecule has 0 saturated heterocycles. The molecule has 0 saturated carbocycles. The maximum Gasteiger partial charge on any atom is 0.146 e. The summed E-state index contributed by atoms with van der Waals surface area (Å²) in [5, 5.41) is 2.76. The Morgan fingerprint density at radius 1 is 0.950 bits per heavy atom. The van der Waals surface area contributed by atoms with Crippen molar-refractivity contribution >= 4 is 34.5 Å². The van der Waals surface area contributed by atoms with Gasteiger partial charge in [-0.2, -0.15) is 0 Å². The summed E-state index contributed by atoms with van der Waals surface area (Å²) in [6.45, 7) is 9.40. The van der Waals surface area contributed by atoms with E-state index in [4.69, 9.17) is 4.98 Å². The lowest BCUT2D eigenvalue weighted by Gasteiger charge is -2.39. The molecule has 0 bridgehead atoms. The molecule has 0 aliphatic heterocycles. The predicted octanol–water partition coefficient (Wildman–Crippen LogP) is 4.23. The van der Waals surface area contributed by atoms with Gasteiger partial charge in [0, 0.05) is 16.0 Å². The first-order valence-corrected chi connectivity index (χ1v) is 10.1. The van der Waals surface area contributed by atoms with Crippen LogP contribution in [0.25, 0.3) is 0 Å². The molecule has 2 rings (SSSR count). The fourth-order valence-corrected chi connectivity index (χ4v) is 9.61. The van der Waals surface area contributed by atoms with E-state index < -0.39 is 8.07 Å². The van der Waals surface area contributed by atoms with Gasteiger partial charge in [0.25, 0.3) is 0 Å². The first kappa shape index (κ1) is 15.5. The minimum absolute atomic E-state index is 0.603. The van der Waals surface area contributed by atoms with Crippen molar-refractivity contribution in [3.05, 3.63) is 53.1 Å². The molecule has 0 unspecified atom stereocenters. The number of rotatable bonds is 4. The van der Waals surface area contributed by atoms with E-state index in [-0.39, 0.29) is 0 Å².